The zero-order valence-electron chi connectivity index (χ0n) is 13.1. The van der Waals surface area contributed by atoms with E-state index in [1.54, 1.807) is 17.0 Å². The highest BCUT2D eigenvalue weighted by Gasteiger charge is 2.40. The summed E-state index contributed by atoms with van der Waals surface area (Å²) in [6.45, 7) is 0.200. The van der Waals surface area contributed by atoms with E-state index >= 15 is 0 Å². The van der Waals surface area contributed by atoms with Gasteiger partial charge in [-0.1, -0.05) is 24.3 Å². The topological polar surface area (TPSA) is 66.8 Å². The number of carbonyl (C=O) groups excluding carboxylic acids is 1. The molecule has 2 aliphatic carbocycles. The van der Waals surface area contributed by atoms with Gasteiger partial charge in [0.15, 0.2) is 6.61 Å². The fourth-order valence-corrected chi connectivity index (χ4v) is 3.54. The second-order valence-corrected chi connectivity index (χ2v) is 6.41. The summed E-state index contributed by atoms with van der Waals surface area (Å²) in [5, 5.41) is 8.58. The summed E-state index contributed by atoms with van der Waals surface area (Å²) < 4.78 is 5.10. The third-order valence-electron chi connectivity index (χ3n) is 4.68. The zero-order valence-corrected chi connectivity index (χ0v) is 13.1. The molecule has 0 spiro atoms. The zero-order chi connectivity index (χ0) is 16.4. The smallest absolute Gasteiger partial charge is 0.341 e. The third kappa shape index (κ3) is 3.55. The number of benzene rings is 1. The molecule has 2 aliphatic rings. The summed E-state index contributed by atoms with van der Waals surface area (Å²) >= 11 is 0. The Hall–Kier alpha value is -2.30. The van der Waals surface area contributed by atoms with Crippen LogP contribution >= 0.6 is 0 Å². The molecule has 23 heavy (non-hydrogen) atoms. The second kappa shape index (κ2) is 6.44. The van der Waals surface area contributed by atoms with Crippen molar-refractivity contribution in [3.8, 4) is 5.75 Å². The Balaban J connectivity index is 1.55. The van der Waals surface area contributed by atoms with E-state index in [1.807, 2.05) is 19.2 Å². The molecule has 3 unspecified atom stereocenters. The fourth-order valence-electron chi connectivity index (χ4n) is 3.54. The molecule has 2 bridgehead atoms. The number of carboxylic acids is 1. The maximum atomic E-state index is 12.6. The van der Waals surface area contributed by atoms with Crippen molar-refractivity contribution in [3.05, 3.63) is 42.0 Å². The molecule has 5 nitrogen and oxygen atoms in total. The van der Waals surface area contributed by atoms with Gasteiger partial charge in [-0.05, 0) is 42.4 Å². The van der Waals surface area contributed by atoms with Crippen molar-refractivity contribution in [1.82, 2.24) is 4.90 Å². The van der Waals surface area contributed by atoms with Crippen LogP contribution in [-0.2, 0) is 16.1 Å². The third-order valence-corrected chi connectivity index (χ3v) is 4.68. The van der Waals surface area contributed by atoms with Gasteiger partial charge in [-0.15, -0.1) is 0 Å². The van der Waals surface area contributed by atoms with Crippen molar-refractivity contribution in [3.63, 3.8) is 0 Å². The first-order valence-electron chi connectivity index (χ1n) is 7.90. The summed E-state index contributed by atoms with van der Waals surface area (Å²) in [5.74, 6) is 0.874. The quantitative estimate of drug-likeness (QED) is 0.818. The maximum Gasteiger partial charge on any atom is 0.341 e. The van der Waals surface area contributed by atoms with E-state index in [2.05, 4.69) is 12.2 Å². The van der Waals surface area contributed by atoms with Crippen LogP contribution < -0.4 is 4.74 Å². The van der Waals surface area contributed by atoms with Crippen molar-refractivity contribution in [2.45, 2.75) is 19.4 Å². The van der Waals surface area contributed by atoms with Crippen molar-refractivity contribution in [1.29, 1.82) is 0 Å². The molecule has 122 valence electrons. The lowest BCUT2D eigenvalue weighted by Gasteiger charge is -2.25. The molecule has 0 aromatic heterocycles. The first-order valence-corrected chi connectivity index (χ1v) is 7.90. The van der Waals surface area contributed by atoms with Crippen LogP contribution in [0.25, 0.3) is 0 Å². The van der Waals surface area contributed by atoms with E-state index in [-0.39, 0.29) is 18.4 Å². The van der Waals surface area contributed by atoms with Gasteiger partial charge in [0, 0.05) is 19.5 Å². The Kier molecular flexibility index (Phi) is 4.37. The molecular weight excluding hydrogens is 294 g/mol. The van der Waals surface area contributed by atoms with Gasteiger partial charge in [-0.2, -0.15) is 0 Å². The number of ether oxygens (including phenoxy) is 1. The van der Waals surface area contributed by atoms with E-state index < -0.39 is 5.97 Å². The summed E-state index contributed by atoms with van der Waals surface area (Å²) in [5.41, 5.74) is 1.00. The molecule has 1 saturated carbocycles. The number of amides is 1. The van der Waals surface area contributed by atoms with Gasteiger partial charge < -0.3 is 14.7 Å². The van der Waals surface area contributed by atoms with Crippen molar-refractivity contribution in [2.75, 3.05) is 13.7 Å². The lowest BCUT2D eigenvalue weighted by Crippen LogP contribution is -2.34. The Morgan fingerprint density at radius 3 is 2.52 bits per heavy atom. The van der Waals surface area contributed by atoms with Gasteiger partial charge >= 0.3 is 5.97 Å². The number of hydrogen-bond acceptors (Lipinski definition) is 3. The van der Waals surface area contributed by atoms with Crippen LogP contribution in [0.5, 0.6) is 5.75 Å². The van der Waals surface area contributed by atoms with Crippen LogP contribution in [-0.4, -0.2) is 35.5 Å². The van der Waals surface area contributed by atoms with Crippen molar-refractivity contribution in [2.24, 2.45) is 17.8 Å². The molecule has 0 saturated heterocycles. The van der Waals surface area contributed by atoms with Gasteiger partial charge in [0.25, 0.3) is 0 Å². The summed E-state index contributed by atoms with van der Waals surface area (Å²) in [6, 6.07) is 7.19. The normalized spacial score (nSPS) is 24.7. The molecule has 1 aromatic carbocycles. The average molecular weight is 315 g/mol. The first-order chi connectivity index (χ1) is 11.0. The number of nitrogens with zero attached hydrogens (tertiary/aromatic N) is 1. The molecule has 3 rings (SSSR count). The highest BCUT2D eigenvalue weighted by Crippen LogP contribution is 2.44. The van der Waals surface area contributed by atoms with Gasteiger partial charge in [0.2, 0.25) is 5.91 Å². The molecule has 0 aliphatic heterocycles. The minimum Gasteiger partial charge on any atom is -0.482 e. The van der Waals surface area contributed by atoms with Crippen LogP contribution in [0.2, 0.25) is 0 Å². The number of rotatable bonds is 6. The van der Waals surface area contributed by atoms with Gasteiger partial charge in [-0.25, -0.2) is 4.79 Å². The molecule has 1 amide bonds. The van der Waals surface area contributed by atoms with E-state index in [1.165, 1.54) is 0 Å². The number of fused-ring (bicyclic) bond motifs is 2. The lowest BCUT2D eigenvalue weighted by atomic mass is 9.92. The predicted molar refractivity (Wildman–Crippen MR) is 84.9 cm³/mol. The van der Waals surface area contributed by atoms with E-state index in [9.17, 15) is 9.59 Å². The van der Waals surface area contributed by atoms with Gasteiger partial charge in [0.05, 0.1) is 0 Å². The molecule has 1 N–H and O–H groups in total. The van der Waals surface area contributed by atoms with Crippen molar-refractivity contribution >= 4 is 11.9 Å². The predicted octanol–water partition coefficient (Wildman–Crippen LogP) is 2.32. The summed E-state index contributed by atoms with van der Waals surface area (Å²) in [6.07, 6.45) is 6.54. The monoisotopic (exact) mass is 315 g/mol. The van der Waals surface area contributed by atoms with Crippen LogP contribution in [0.3, 0.4) is 0 Å². The summed E-state index contributed by atoms with van der Waals surface area (Å²) in [4.78, 5) is 24.8. The van der Waals surface area contributed by atoms with Crippen LogP contribution in [0.15, 0.2) is 36.4 Å². The first kappa shape index (κ1) is 15.6. The number of allylic oxidation sites excluding steroid dienone is 2. The fraction of sp³-hybridized carbons (Fsp3) is 0.444. The van der Waals surface area contributed by atoms with Crippen LogP contribution in [0.4, 0.5) is 0 Å². The minimum absolute atomic E-state index is 0.133. The highest BCUT2D eigenvalue weighted by molar-refractivity contribution is 5.80. The maximum absolute atomic E-state index is 12.6. The van der Waals surface area contributed by atoms with Crippen LogP contribution in [0.1, 0.15) is 18.4 Å². The average Bonchev–Trinajstić information content (AvgIpc) is 3.16. The number of carboxylic acid groups (broad SMARTS) is 1. The van der Waals surface area contributed by atoms with E-state index in [0.717, 1.165) is 18.4 Å². The van der Waals surface area contributed by atoms with E-state index in [0.29, 0.717) is 24.1 Å². The number of carbonyl (C=O) groups is 2. The van der Waals surface area contributed by atoms with Crippen LogP contribution in [0, 0.1) is 17.8 Å². The van der Waals surface area contributed by atoms with Gasteiger partial charge in [0.1, 0.15) is 5.75 Å². The molecular formula is C18H21NO4. The molecule has 5 heteroatoms. The number of aliphatic carboxylic acids is 1. The standard InChI is InChI=1S/C18H21NO4/c1-19(18(22)16-9-13-2-5-14(16)8-13)10-12-3-6-15(7-4-12)23-11-17(20)21/h2-7,13-14,16H,8-11H2,1H3,(H,20,21). The Labute approximate surface area is 135 Å². The molecule has 0 radical (unpaired) electrons. The molecule has 1 aromatic rings. The second-order valence-electron chi connectivity index (χ2n) is 6.41. The number of hydrogen-bond donors (Lipinski definition) is 1. The van der Waals surface area contributed by atoms with E-state index in [4.69, 9.17) is 9.84 Å². The Bertz CT molecular complexity index is 622. The minimum atomic E-state index is -1.00. The highest BCUT2D eigenvalue weighted by atomic mass is 16.5. The lowest BCUT2D eigenvalue weighted by molar-refractivity contribution is -0.139. The molecule has 0 heterocycles. The molecule has 1 fully saturated rings. The van der Waals surface area contributed by atoms with Crippen molar-refractivity contribution < 1.29 is 19.4 Å². The Morgan fingerprint density at radius 1 is 1.22 bits per heavy atom. The Morgan fingerprint density at radius 2 is 1.96 bits per heavy atom. The SMILES string of the molecule is CN(Cc1ccc(OCC(=O)O)cc1)C(=O)C1CC2C=CC1C2. The van der Waals surface area contributed by atoms with Gasteiger partial charge in [-0.3, -0.25) is 4.79 Å². The largest absolute Gasteiger partial charge is 0.482 e. The summed E-state index contributed by atoms with van der Waals surface area (Å²) in [7, 11) is 1.84. The molecule has 3 atom stereocenters.